The van der Waals surface area contributed by atoms with Gasteiger partial charge in [-0.3, -0.25) is 9.88 Å². The van der Waals surface area contributed by atoms with Gasteiger partial charge in [0.25, 0.3) is 0 Å². The third kappa shape index (κ3) is 2.75. The Labute approximate surface area is 163 Å². The second-order valence-electron chi connectivity index (χ2n) is 7.47. The van der Waals surface area contributed by atoms with Crippen molar-refractivity contribution in [1.82, 2.24) is 9.88 Å². The molecule has 2 aromatic carbocycles. The van der Waals surface area contributed by atoms with Crippen LogP contribution in [0.2, 0.25) is 0 Å². The van der Waals surface area contributed by atoms with Crippen molar-refractivity contribution in [3.8, 4) is 11.1 Å². The third-order valence-electron chi connectivity index (χ3n) is 5.80. The van der Waals surface area contributed by atoms with Crippen molar-refractivity contribution >= 4 is 9.84 Å². The van der Waals surface area contributed by atoms with E-state index in [0.717, 1.165) is 16.7 Å². The van der Waals surface area contributed by atoms with Crippen molar-refractivity contribution < 1.29 is 12.8 Å². The van der Waals surface area contributed by atoms with Crippen LogP contribution < -0.4 is 0 Å². The molecule has 0 spiro atoms. The van der Waals surface area contributed by atoms with Crippen LogP contribution in [-0.2, 0) is 16.4 Å². The van der Waals surface area contributed by atoms with Gasteiger partial charge >= 0.3 is 0 Å². The number of benzene rings is 2. The zero-order valence-corrected chi connectivity index (χ0v) is 15.9. The summed E-state index contributed by atoms with van der Waals surface area (Å²) >= 11 is 0. The van der Waals surface area contributed by atoms with E-state index < -0.39 is 15.1 Å². The largest absolute Gasteiger partial charge is 0.297 e. The Morgan fingerprint density at radius 1 is 1.04 bits per heavy atom. The number of nitrogens with zero attached hydrogens (tertiary/aromatic N) is 2. The molecule has 0 bridgehead atoms. The van der Waals surface area contributed by atoms with Crippen LogP contribution in [0.3, 0.4) is 0 Å². The number of likely N-dealkylation sites (tertiary alicyclic amines) is 1. The maximum Gasteiger partial charge on any atom is 0.183 e. The predicted molar refractivity (Wildman–Crippen MR) is 105 cm³/mol. The van der Waals surface area contributed by atoms with Crippen LogP contribution in [0.15, 0.2) is 71.9 Å². The lowest BCUT2D eigenvalue weighted by atomic mass is 9.95. The van der Waals surface area contributed by atoms with Crippen molar-refractivity contribution in [2.24, 2.45) is 0 Å². The van der Waals surface area contributed by atoms with Crippen LogP contribution >= 0.6 is 0 Å². The molecular weight excluding hydrogens is 375 g/mol. The highest BCUT2D eigenvalue weighted by Crippen LogP contribution is 2.46. The second-order valence-corrected chi connectivity index (χ2v) is 9.61. The summed E-state index contributed by atoms with van der Waals surface area (Å²) in [4.78, 5) is 6.65. The molecule has 5 rings (SSSR count). The van der Waals surface area contributed by atoms with Crippen molar-refractivity contribution in [2.45, 2.75) is 22.6 Å². The smallest absolute Gasteiger partial charge is 0.183 e. The van der Waals surface area contributed by atoms with Gasteiger partial charge in [0.15, 0.2) is 9.84 Å². The molecule has 0 saturated carbocycles. The molecule has 1 fully saturated rings. The first-order chi connectivity index (χ1) is 13.5. The maximum atomic E-state index is 14.0. The summed E-state index contributed by atoms with van der Waals surface area (Å²) in [6.07, 6.45) is 3.50. The number of hydrogen-bond donors (Lipinski definition) is 0. The van der Waals surface area contributed by atoms with Gasteiger partial charge in [-0.1, -0.05) is 30.3 Å². The van der Waals surface area contributed by atoms with Gasteiger partial charge in [0.05, 0.1) is 10.1 Å². The number of hydrogen-bond acceptors (Lipinski definition) is 4. The van der Waals surface area contributed by atoms with Crippen LogP contribution in [0.1, 0.15) is 17.0 Å². The number of pyridine rings is 1. The average Bonchev–Trinajstić information content (AvgIpc) is 3.22. The molecule has 28 heavy (non-hydrogen) atoms. The minimum absolute atomic E-state index is 0.0802. The van der Waals surface area contributed by atoms with Crippen molar-refractivity contribution in [3.05, 3.63) is 83.9 Å². The van der Waals surface area contributed by atoms with Crippen LogP contribution in [0.4, 0.5) is 4.39 Å². The zero-order valence-electron chi connectivity index (χ0n) is 15.1. The Morgan fingerprint density at radius 3 is 2.68 bits per heavy atom. The van der Waals surface area contributed by atoms with Crippen molar-refractivity contribution in [1.29, 1.82) is 0 Å². The Morgan fingerprint density at radius 2 is 1.89 bits per heavy atom. The number of rotatable bonds is 3. The Bertz CT molecular complexity index is 1150. The lowest BCUT2D eigenvalue weighted by Crippen LogP contribution is -2.26. The van der Waals surface area contributed by atoms with E-state index in [1.165, 1.54) is 6.07 Å². The molecule has 6 heteroatoms. The summed E-state index contributed by atoms with van der Waals surface area (Å²) in [7, 11) is -3.37. The highest BCUT2D eigenvalue weighted by Gasteiger charge is 2.50. The lowest BCUT2D eigenvalue weighted by Gasteiger charge is -2.18. The highest BCUT2D eigenvalue weighted by atomic mass is 32.2. The first kappa shape index (κ1) is 17.5. The molecule has 0 radical (unpaired) electrons. The third-order valence-corrected chi connectivity index (χ3v) is 8.06. The second kappa shape index (κ2) is 6.50. The first-order valence-electron chi connectivity index (χ1n) is 9.28. The van der Waals surface area contributed by atoms with Crippen LogP contribution in [0, 0.1) is 5.82 Å². The first-order valence-corrected chi connectivity index (χ1v) is 10.8. The number of fused-ring (bicyclic) bond motifs is 3. The van der Waals surface area contributed by atoms with Gasteiger partial charge in [-0.25, -0.2) is 12.8 Å². The van der Waals surface area contributed by atoms with Crippen LogP contribution in [0.5, 0.6) is 0 Å². The maximum absolute atomic E-state index is 14.0. The van der Waals surface area contributed by atoms with E-state index in [2.05, 4.69) is 4.98 Å². The summed E-state index contributed by atoms with van der Waals surface area (Å²) in [5, 5.41) is -0.460. The molecule has 3 heterocycles. The van der Waals surface area contributed by atoms with Gasteiger partial charge in [-0.05, 0) is 41.0 Å². The molecule has 0 aliphatic carbocycles. The summed E-state index contributed by atoms with van der Waals surface area (Å²) in [5.74, 6) is -0.329. The summed E-state index contributed by atoms with van der Waals surface area (Å²) in [6.45, 7) is 1.47. The average molecular weight is 394 g/mol. The fraction of sp³-hybridized carbons (Fsp3) is 0.227. The Hall–Kier alpha value is -2.57. The quantitative estimate of drug-likeness (QED) is 0.681. The van der Waals surface area contributed by atoms with Crippen LogP contribution in [0.25, 0.3) is 11.1 Å². The van der Waals surface area contributed by atoms with Crippen LogP contribution in [-0.4, -0.2) is 36.6 Å². The normalized spacial score (nSPS) is 22.8. The molecule has 1 saturated heterocycles. The van der Waals surface area contributed by atoms with Crippen molar-refractivity contribution in [2.75, 3.05) is 13.1 Å². The fourth-order valence-electron chi connectivity index (χ4n) is 4.44. The monoisotopic (exact) mass is 394 g/mol. The topological polar surface area (TPSA) is 50.3 Å². The van der Waals surface area contributed by atoms with E-state index in [0.29, 0.717) is 30.1 Å². The SMILES string of the molecule is O=S1(=O)c2ccc(-c3cccnc3)cc2[C@@H]2CN(Cc3ccccc3F)C[C@@H]21. The number of halogens is 1. The number of sulfone groups is 1. The summed E-state index contributed by atoms with van der Waals surface area (Å²) in [5.41, 5.74) is 3.41. The molecule has 3 aromatic rings. The summed E-state index contributed by atoms with van der Waals surface area (Å²) < 4.78 is 40.1. The Kier molecular flexibility index (Phi) is 4.07. The standard InChI is InChI=1S/C22H19FN2O2S/c23-20-6-2-1-4-17(20)12-25-13-19-18-10-15(16-5-3-9-24-11-16)7-8-21(18)28(26,27)22(19)14-25/h1-11,19,22H,12-14H2/t19-,22-/m0/s1. The molecular formula is C22H19FN2O2S. The molecule has 0 N–H and O–H groups in total. The van der Waals surface area contributed by atoms with E-state index in [4.69, 9.17) is 0 Å². The molecule has 0 unspecified atom stereocenters. The van der Waals surface area contributed by atoms with E-state index in [9.17, 15) is 12.8 Å². The molecule has 142 valence electrons. The number of aromatic nitrogens is 1. The van der Waals surface area contributed by atoms with Gasteiger partial charge in [0, 0.05) is 43.5 Å². The Balaban J connectivity index is 1.48. The predicted octanol–water partition coefficient (Wildman–Crippen LogP) is 3.64. The molecule has 1 aromatic heterocycles. The van der Waals surface area contributed by atoms with E-state index in [1.807, 2.05) is 35.2 Å². The zero-order chi connectivity index (χ0) is 19.3. The van der Waals surface area contributed by atoms with E-state index in [-0.39, 0.29) is 11.7 Å². The summed E-state index contributed by atoms with van der Waals surface area (Å²) in [6, 6.07) is 16.1. The minimum atomic E-state index is -3.37. The minimum Gasteiger partial charge on any atom is -0.297 e. The van der Waals surface area contributed by atoms with Crippen molar-refractivity contribution in [3.63, 3.8) is 0 Å². The van der Waals surface area contributed by atoms with E-state index >= 15 is 0 Å². The van der Waals surface area contributed by atoms with Gasteiger partial charge in [0.1, 0.15) is 5.82 Å². The molecule has 2 aliphatic heterocycles. The van der Waals surface area contributed by atoms with Gasteiger partial charge in [-0.2, -0.15) is 0 Å². The van der Waals surface area contributed by atoms with Gasteiger partial charge in [0.2, 0.25) is 0 Å². The molecule has 2 aliphatic rings. The lowest BCUT2D eigenvalue weighted by molar-refractivity contribution is 0.320. The molecule has 0 amide bonds. The van der Waals surface area contributed by atoms with Gasteiger partial charge < -0.3 is 0 Å². The molecule has 4 nitrogen and oxygen atoms in total. The van der Waals surface area contributed by atoms with Gasteiger partial charge in [-0.15, -0.1) is 0 Å². The highest BCUT2D eigenvalue weighted by molar-refractivity contribution is 7.92. The fourth-order valence-corrected chi connectivity index (χ4v) is 6.63. The van der Waals surface area contributed by atoms with E-state index in [1.54, 1.807) is 30.6 Å². The molecule has 2 atom stereocenters.